The Hall–Kier alpha value is -0.270. The first-order valence-corrected chi connectivity index (χ1v) is 3.73. The lowest BCUT2D eigenvalue weighted by Crippen LogP contribution is -2.57. The van der Waals surface area contributed by atoms with Crippen molar-refractivity contribution < 1.29 is 24.2 Å². The average molecular weight is 179 g/mol. The van der Waals surface area contributed by atoms with Crippen LogP contribution in [-0.2, 0) is 9.47 Å². The predicted octanol–water partition coefficient (Wildman–Crippen LogP) is -1.69. The highest BCUT2D eigenvalue weighted by molar-refractivity contribution is 4.95. The largest absolute Gasteiger partial charge is 0.388 e. The highest BCUT2D eigenvalue weighted by atomic mass is 19.2. The molecule has 0 aromatic heterocycles. The van der Waals surface area contributed by atoms with Gasteiger partial charge in [0, 0.05) is 0 Å². The quantitative estimate of drug-likeness (QED) is 0.419. The average Bonchev–Trinajstić information content (AvgIpc) is 2.49. The Labute approximate surface area is 68.0 Å². The standard InChI is InChI=1S/C6H10FNO4/c7-8-3-5(10)4(9)2-1-11-6(3)12-2/h2-6,8-10H,1H2/t2-,3-,4-,5-,6?/m1/s1. The van der Waals surface area contributed by atoms with Crippen molar-refractivity contribution in [2.75, 3.05) is 6.61 Å². The predicted molar refractivity (Wildman–Crippen MR) is 34.7 cm³/mol. The molecule has 1 unspecified atom stereocenters. The Morgan fingerprint density at radius 2 is 2.08 bits per heavy atom. The van der Waals surface area contributed by atoms with Crippen LogP contribution >= 0.6 is 0 Å². The molecule has 6 heteroatoms. The molecule has 3 N–H and O–H groups in total. The Morgan fingerprint density at radius 1 is 1.33 bits per heavy atom. The third-order valence-corrected chi connectivity index (χ3v) is 2.25. The monoisotopic (exact) mass is 179 g/mol. The summed E-state index contributed by atoms with van der Waals surface area (Å²) in [4.78, 5) is 0. The molecule has 0 saturated carbocycles. The van der Waals surface area contributed by atoms with E-state index >= 15 is 0 Å². The van der Waals surface area contributed by atoms with Gasteiger partial charge < -0.3 is 19.7 Å². The molecule has 2 fully saturated rings. The van der Waals surface area contributed by atoms with Crippen molar-refractivity contribution in [1.82, 2.24) is 5.54 Å². The van der Waals surface area contributed by atoms with Crippen LogP contribution in [0, 0.1) is 0 Å². The Kier molecular flexibility index (Phi) is 2.01. The summed E-state index contributed by atoms with van der Waals surface area (Å²) in [5.41, 5.74) is 1.35. The fourth-order valence-electron chi connectivity index (χ4n) is 1.52. The molecule has 0 spiro atoms. The number of ether oxygens (including phenoxy) is 2. The van der Waals surface area contributed by atoms with Crippen molar-refractivity contribution in [2.24, 2.45) is 0 Å². The summed E-state index contributed by atoms with van der Waals surface area (Å²) in [5, 5.41) is 18.6. The highest BCUT2D eigenvalue weighted by Crippen LogP contribution is 2.27. The molecule has 5 nitrogen and oxygen atoms in total. The van der Waals surface area contributed by atoms with Crippen LogP contribution in [0.5, 0.6) is 0 Å². The minimum atomic E-state index is -1.18. The van der Waals surface area contributed by atoms with Gasteiger partial charge in [0.15, 0.2) is 6.29 Å². The van der Waals surface area contributed by atoms with Gasteiger partial charge in [-0.1, -0.05) is 0 Å². The summed E-state index contributed by atoms with van der Waals surface area (Å²) in [5.74, 6) is 0. The zero-order valence-corrected chi connectivity index (χ0v) is 6.18. The maximum Gasteiger partial charge on any atom is 0.178 e. The summed E-state index contributed by atoms with van der Waals surface area (Å²) < 4.78 is 22.1. The van der Waals surface area contributed by atoms with Crippen molar-refractivity contribution in [3.05, 3.63) is 0 Å². The van der Waals surface area contributed by atoms with Crippen molar-refractivity contribution >= 4 is 0 Å². The van der Waals surface area contributed by atoms with Gasteiger partial charge in [-0.15, -0.1) is 10.0 Å². The van der Waals surface area contributed by atoms with Crippen LogP contribution in [0.1, 0.15) is 0 Å². The molecule has 2 heterocycles. The van der Waals surface area contributed by atoms with Crippen molar-refractivity contribution in [3.8, 4) is 0 Å². The highest BCUT2D eigenvalue weighted by Gasteiger charge is 2.49. The molecule has 0 aromatic carbocycles. The zero-order chi connectivity index (χ0) is 8.72. The van der Waals surface area contributed by atoms with E-state index in [1.54, 1.807) is 0 Å². The molecule has 0 radical (unpaired) electrons. The number of rotatable bonds is 1. The van der Waals surface area contributed by atoms with Crippen LogP contribution in [0.25, 0.3) is 0 Å². The van der Waals surface area contributed by atoms with E-state index in [9.17, 15) is 14.7 Å². The lowest BCUT2D eigenvalue weighted by Gasteiger charge is -2.33. The van der Waals surface area contributed by atoms with E-state index in [4.69, 9.17) is 9.47 Å². The van der Waals surface area contributed by atoms with Gasteiger partial charge in [-0.2, -0.15) is 0 Å². The van der Waals surface area contributed by atoms with Crippen molar-refractivity contribution in [2.45, 2.75) is 30.6 Å². The first-order valence-electron chi connectivity index (χ1n) is 3.73. The molecule has 70 valence electrons. The summed E-state index contributed by atoms with van der Waals surface area (Å²) >= 11 is 0. The smallest absolute Gasteiger partial charge is 0.178 e. The molecule has 2 aliphatic heterocycles. The molecular formula is C6H10FNO4. The summed E-state index contributed by atoms with van der Waals surface area (Å²) in [6.07, 6.45) is -3.59. The Balaban J connectivity index is 2.14. The van der Waals surface area contributed by atoms with Crippen LogP contribution < -0.4 is 5.54 Å². The second-order valence-electron chi connectivity index (χ2n) is 2.99. The third kappa shape index (κ3) is 1.04. The molecule has 0 aromatic rings. The summed E-state index contributed by atoms with van der Waals surface area (Å²) in [6, 6.07) is -1.00. The number of hydrogen-bond acceptors (Lipinski definition) is 5. The fraction of sp³-hybridized carbons (Fsp3) is 1.00. The maximum atomic E-state index is 12.1. The van der Waals surface area contributed by atoms with E-state index in [0.29, 0.717) is 0 Å². The van der Waals surface area contributed by atoms with Gasteiger partial charge in [0.1, 0.15) is 24.4 Å². The number of aliphatic hydroxyl groups excluding tert-OH is 2. The number of hydrogen-bond donors (Lipinski definition) is 3. The molecule has 5 atom stereocenters. The lowest BCUT2D eigenvalue weighted by atomic mass is 10.00. The van der Waals surface area contributed by atoms with E-state index in [1.807, 2.05) is 0 Å². The van der Waals surface area contributed by atoms with Gasteiger partial charge in [-0.05, 0) is 0 Å². The van der Waals surface area contributed by atoms with E-state index < -0.39 is 30.6 Å². The molecule has 2 bridgehead atoms. The second kappa shape index (κ2) is 2.90. The van der Waals surface area contributed by atoms with Crippen LogP contribution in [0.3, 0.4) is 0 Å². The van der Waals surface area contributed by atoms with Crippen LogP contribution in [0.4, 0.5) is 4.48 Å². The van der Waals surface area contributed by atoms with Crippen LogP contribution in [0.15, 0.2) is 0 Å². The molecule has 2 aliphatic rings. The topological polar surface area (TPSA) is 71.0 Å². The Bertz CT molecular complexity index is 181. The first kappa shape index (κ1) is 8.33. The zero-order valence-electron chi connectivity index (χ0n) is 6.18. The molecule has 12 heavy (non-hydrogen) atoms. The van der Waals surface area contributed by atoms with E-state index in [0.717, 1.165) is 0 Å². The minimum Gasteiger partial charge on any atom is -0.388 e. The molecule has 0 aliphatic carbocycles. The van der Waals surface area contributed by atoms with Crippen molar-refractivity contribution in [3.63, 3.8) is 0 Å². The molecular weight excluding hydrogens is 169 g/mol. The minimum absolute atomic E-state index is 0.196. The second-order valence-corrected chi connectivity index (χ2v) is 2.99. The number of aliphatic hydroxyl groups is 2. The van der Waals surface area contributed by atoms with Crippen LogP contribution in [0.2, 0.25) is 0 Å². The third-order valence-electron chi connectivity index (χ3n) is 2.25. The number of fused-ring (bicyclic) bond motifs is 2. The van der Waals surface area contributed by atoms with E-state index in [-0.39, 0.29) is 6.61 Å². The molecule has 2 saturated heterocycles. The van der Waals surface area contributed by atoms with Gasteiger partial charge in [0.25, 0.3) is 0 Å². The lowest BCUT2D eigenvalue weighted by molar-refractivity contribution is -0.194. The maximum absolute atomic E-state index is 12.1. The van der Waals surface area contributed by atoms with E-state index in [2.05, 4.69) is 0 Å². The fourth-order valence-corrected chi connectivity index (χ4v) is 1.52. The normalized spacial score (nSPS) is 52.8. The Morgan fingerprint density at radius 3 is 2.75 bits per heavy atom. The van der Waals surface area contributed by atoms with E-state index in [1.165, 1.54) is 5.54 Å². The summed E-state index contributed by atoms with van der Waals surface area (Å²) in [6.45, 7) is 0.196. The number of nitrogens with one attached hydrogen (secondary N) is 1. The summed E-state index contributed by atoms with van der Waals surface area (Å²) in [7, 11) is 0. The SMILES string of the molecule is O[C@H]1[C@H](O)[C@@H](NF)C2OC[C@H]1O2. The molecule has 0 amide bonds. The van der Waals surface area contributed by atoms with Gasteiger partial charge >= 0.3 is 0 Å². The van der Waals surface area contributed by atoms with Gasteiger partial charge in [-0.25, -0.2) is 0 Å². The van der Waals surface area contributed by atoms with Gasteiger partial charge in [0.2, 0.25) is 0 Å². The van der Waals surface area contributed by atoms with Gasteiger partial charge in [0.05, 0.1) is 6.61 Å². The first-order chi connectivity index (χ1) is 5.74. The van der Waals surface area contributed by atoms with Crippen LogP contribution in [-0.4, -0.2) is 47.5 Å². The molecule has 2 rings (SSSR count). The van der Waals surface area contributed by atoms with Gasteiger partial charge in [-0.3, -0.25) is 0 Å². The number of halogens is 1. The van der Waals surface area contributed by atoms with Crippen molar-refractivity contribution in [1.29, 1.82) is 0 Å².